The number of nitrogens with zero attached hydrogens (tertiary/aromatic N) is 1. The molecule has 0 bridgehead atoms. The van der Waals surface area contributed by atoms with E-state index in [1.54, 1.807) is 24.5 Å². The van der Waals surface area contributed by atoms with Gasteiger partial charge in [0.25, 0.3) is 0 Å². The lowest BCUT2D eigenvalue weighted by Crippen LogP contribution is -1.96. The number of nitrogens with one attached hydrogen (secondary N) is 1. The molecule has 1 N–H and O–H groups in total. The van der Waals surface area contributed by atoms with Crippen molar-refractivity contribution in [2.75, 3.05) is 5.32 Å². The van der Waals surface area contributed by atoms with E-state index in [4.69, 9.17) is 0 Å². The minimum Gasteiger partial charge on any atom is -0.351 e. The van der Waals surface area contributed by atoms with Crippen LogP contribution in [-0.2, 0) is 0 Å². The van der Waals surface area contributed by atoms with Crippen molar-refractivity contribution in [1.29, 1.82) is 0 Å². The highest BCUT2D eigenvalue weighted by Gasteiger charge is 2.07. The van der Waals surface area contributed by atoms with Crippen molar-refractivity contribution >= 4 is 11.4 Å². The highest BCUT2D eigenvalue weighted by atomic mass is 19.1. The third-order valence-corrected chi connectivity index (χ3v) is 1.91. The molecule has 1 aromatic carbocycles. The van der Waals surface area contributed by atoms with Crippen LogP contribution in [0.15, 0.2) is 42.7 Å². The molecule has 0 aliphatic carbocycles. The standard InChI is InChI=1S/C11H8F2N2/c12-9-2-1-3-10(13)11(9)15-8-4-6-14-7-5-8/h1-7H,(H,14,15). The van der Waals surface area contributed by atoms with Crippen LogP contribution in [0.1, 0.15) is 0 Å². The minimum absolute atomic E-state index is 0.149. The molecule has 0 unspecified atom stereocenters. The summed E-state index contributed by atoms with van der Waals surface area (Å²) in [6, 6.07) is 6.99. The first kappa shape index (κ1) is 9.58. The van der Waals surface area contributed by atoms with Gasteiger partial charge in [-0.15, -0.1) is 0 Å². The third kappa shape index (κ3) is 2.10. The molecule has 2 aromatic rings. The van der Waals surface area contributed by atoms with Crippen molar-refractivity contribution in [3.05, 3.63) is 54.4 Å². The van der Waals surface area contributed by atoms with Crippen molar-refractivity contribution in [1.82, 2.24) is 4.98 Å². The Morgan fingerprint density at radius 3 is 2.13 bits per heavy atom. The van der Waals surface area contributed by atoms with Gasteiger partial charge in [0, 0.05) is 18.1 Å². The molecule has 0 atom stereocenters. The van der Waals surface area contributed by atoms with Crippen LogP contribution in [0.4, 0.5) is 20.2 Å². The lowest BCUT2D eigenvalue weighted by molar-refractivity contribution is 0.591. The molecule has 1 aromatic heterocycles. The summed E-state index contributed by atoms with van der Waals surface area (Å²) < 4.78 is 26.4. The first-order chi connectivity index (χ1) is 7.27. The van der Waals surface area contributed by atoms with Gasteiger partial charge in [0.1, 0.15) is 17.3 Å². The fourth-order valence-electron chi connectivity index (χ4n) is 1.20. The summed E-state index contributed by atoms with van der Waals surface area (Å²) in [5.74, 6) is -1.24. The Morgan fingerprint density at radius 2 is 1.53 bits per heavy atom. The zero-order valence-electron chi connectivity index (χ0n) is 7.74. The van der Waals surface area contributed by atoms with E-state index < -0.39 is 11.6 Å². The molecule has 76 valence electrons. The monoisotopic (exact) mass is 206 g/mol. The molecule has 0 amide bonds. The Kier molecular flexibility index (Phi) is 2.58. The van der Waals surface area contributed by atoms with Gasteiger partial charge in [0.05, 0.1) is 0 Å². The van der Waals surface area contributed by atoms with Gasteiger partial charge in [-0.2, -0.15) is 0 Å². The first-order valence-electron chi connectivity index (χ1n) is 4.38. The van der Waals surface area contributed by atoms with Crippen molar-refractivity contribution in [2.24, 2.45) is 0 Å². The number of aromatic nitrogens is 1. The van der Waals surface area contributed by atoms with Gasteiger partial charge in [-0.1, -0.05) is 6.07 Å². The summed E-state index contributed by atoms with van der Waals surface area (Å²) in [7, 11) is 0. The average Bonchev–Trinajstić information content (AvgIpc) is 2.25. The fraction of sp³-hybridized carbons (Fsp3) is 0. The Hall–Kier alpha value is -1.97. The highest BCUT2D eigenvalue weighted by molar-refractivity contribution is 5.59. The molecule has 0 aliphatic heterocycles. The lowest BCUT2D eigenvalue weighted by atomic mass is 10.2. The third-order valence-electron chi connectivity index (χ3n) is 1.91. The normalized spacial score (nSPS) is 10.0. The van der Waals surface area contributed by atoms with Crippen LogP contribution in [0, 0.1) is 11.6 Å². The second-order valence-electron chi connectivity index (χ2n) is 2.96. The van der Waals surface area contributed by atoms with Crippen LogP contribution in [0.5, 0.6) is 0 Å². The summed E-state index contributed by atoms with van der Waals surface area (Å²) in [5.41, 5.74) is 0.442. The second kappa shape index (κ2) is 4.04. The van der Waals surface area contributed by atoms with Gasteiger partial charge in [0.2, 0.25) is 0 Å². The number of para-hydroxylation sites is 1. The van der Waals surface area contributed by atoms with Crippen molar-refractivity contribution in [3.63, 3.8) is 0 Å². The number of anilines is 2. The summed E-state index contributed by atoms with van der Waals surface area (Å²) >= 11 is 0. The number of halogens is 2. The van der Waals surface area contributed by atoms with E-state index in [2.05, 4.69) is 10.3 Å². The molecule has 0 aliphatic rings. The number of pyridine rings is 1. The van der Waals surface area contributed by atoms with Crippen LogP contribution >= 0.6 is 0 Å². The van der Waals surface area contributed by atoms with Gasteiger partial charge < -0.3 is 5.32 Å². The molecule has 2 rings (SSSR count). The van der Waals surface area contributed by atoms with Gasteiger partial charge in [-0.25, -0.2) is 8.78 Å². The maximum Gasteiger partial charge on any atom is 0.149 e. The number of rotatable bonds is 2. The number of benzene rings is 1. The van der Waals surface area contributed by atoms with E-state index in [1.807, 2.05) is 0 Å². The van der Waals surface area contributed by atoms with Crippen LogP contribution < -0.4 is 5.32 Å². The summed E-state index contributed by atoms with van der Waals surface area (Å²) in [6.45, 7) is 0. The predicted octanol–water partition coefficient (Wildman–Crippen LogP) is 3.10. The lowest BCUT2D eigenvalue weighted by Gasteiger charge is -2.07. The van der Waals surface area contributed by atoms with Crippen LogP contribution in [0.3, 0.4) is 0 Å². The average molecular weight is 206 g/mol. The van der Waals surface area contributed by atoms with Crippen molar-refractivity contribution in [2.45, 2.75) is 0 Å². The minimum atomic E-state index is -0.619. The van der Waals surface area contributed by atoms with E-state index in [9.17, 15) is 8.78 Å². The maximum atomic E-state index is 13.2. The Labute approximate surface area is 85.6 Å². The smallest absolute Gasteiger partial charge is 0.149 e. The molecule has 0 spiro atoms. The highest BCUT2D eigenvalue weighted by Crippen LogP contribution is 2.22. The molecule has 0 saturated heterocycles. The zero-order valence-corrected chi connectivity index (χ0v) is 7.74. The summed E-state index contributed by atoms with van der Waals surface area (Å²) in [6.07, 6.45) is 3.09. The quantitative estimate of drug-likeness (QED) is 0.816. The molecular weight excluding hydrogens is 198 g/mol. The first-order valence-corrected chi connectivity index (χ1v) is 4.38. The Morgan fingerprint density at radius 1 is 0.933 bits per heavy atom. The van der Waals surface area contributed by atoms with Gasteiger partial charge in [0.15, 0.2) is 0 Å². The molecule has 0 radical (unpaired) electrons. The van der Waals surface area contributed by atoms with Crippen LogP contribution in [-0.4, -0.2) is 4.98 Å². The summed E-state index contributed by atoms with van der Waals surface area (Å²) in [4.78, 5) is 3.80. The van der Waals surface area contributed by atoms with E-state index in [0.29, 0.717) is 5.69 Å². The molecule has 2 nitrogen and oxygen atoms in total. The largest absolute Gasteiger partial charge is 0.351 e. The topological polar surface area (TPSA) is 24.9 Å². The van der Waals surface area contributed by atoms with E-state index in [-0.39, 0.29) is 5.69 Å². The van der Waals surface area contributed by atoms with Crippen molar-refractivity contribution in [3.8, 4) is 0 Å². The van der Waals surface area contributed by atoms with Crippen LogP contribution in [0.25, 0.3) is 0 Å². The van der Waals surface area contributed by atoms with E-state index >= 15 is 0 Å². The van der Waals surface area contributed by atoms with Gasteiger partial charge in [-0.3, -0.25) is 4.98 Å². The zero-order chi connectivity index (χ0) is 10.7. The Bertz CT molecular complexity index is 437. The SMILES string of the molecule is Fc1cccc(F)c1Nc1ccncc1. The molecular formula is C11H8F2N2. The molecule has 0 fully saturated rings. The van der Waals surface area contributed by atoms with Gasteiger partial charge in [-0.05, 0) is 24.3 Å². The maximum absolute atomic E-state index is 13.2. The number of hydrogen-bond donors (Lipinski definition) is 1. The van der Waals surface area contributed by atoms with Crippen LogP contribution in [0.2, 0.25) is 0 Å². The van der Waals surface area contributed by atoms with E-state index in [1.165, 1.54) is 18.2 Å². The molecule has 15 heavy (non-hydrogen) atoms. The van der Waals surface area contributed by atoms with Crippen molar-refractivity contribution < 1.29 is 8.78 Å². The predicted molar refractivity (Wildman–Crippen MR) is 53.9 cm³/mol. The molecule has 1 heterocycles. The van der Waals surface area contributed by atoms with E-state index in [0.717, 1.165) is 0 Å². The molecule has 4 heteroatoms. The fourth-order valence-corrected chi connectivity index (χ4v) is 1.20. The summed E-state index contributed by atoms with van der Waals surface area (Å²) in [5, 5.41) is 2.65. The second-order valence-corrected chi connectivity index (χ2v) is 2.96. The van der Waals surface area contributed by atoms with Gasteiger partial charge >= 0.3 is 0 Å². The number of hydrogen-bond acceptors (Lipinski definition) is 2. The molecule has 0 saturated carbocycles. The Balaban J connectivity index is 2.32.